The Hall–Kier alpha value is -2.53. The Morgan fingerprint density at radius 1 is 1.23 bits per heavy atom. The molecule has 1 aliphatic rings. The first-order chi connectivity index (χ1) is 12.0. The van der Waals surface area contributed by atoms with Crippen LogP contribution >= 0.6 is 0 Å². The highest BCUT2D eigenvalue weighted by Crippen LogP contribution is 2.28. The van der Waals surface area contributed by atoms with Gasteiger partial charge in [0.25, 0.3) is 0 Å². The van der Waals surface area contributed by atoms with Crippen LogP contribution in [-0.2, 0) is 15.6 Å². The van der Waals surface area contributed by atoms with Gasteiger partial charge in [-0.3, -0.25) is 10.7 Å². The fraction of sp³-hybridized carbons (Fsp3) is 0.267. The van der Waals surface area contributed by atoms with Crippen LogP contribution in [-0.4, -0.2) is 38.2 Å². The monoisotopic (exact) mass is 387 g/mol. The summed E-state index contributed by atoms with van der Waals surface area (Å²) >= 11 is 0. The van der Waals surface area contributed by atoms with E-state index in [1.54, 1.807) is 12.1 Å². The Balaban J connectivity index is 2.04. The minimum atomic E-state index is -4.47. The van der Waals surface area contributed by atoms with Crippen molar-refractivity contribution < 1.29 is 21.6 Å². The summed E-state index contributed by atoms with van der Waals surface area (Å²) in [7, 11) is -3.48. The molecule has 1 atom stereocenters. The van der Waals surface area contributed by atoms with Gasteiger partial charge in [0.05, 0.1) is 10.5 Å². The smallest absolute Gasteiger partial charge is 0.348 e. The summed E-state index contributed by atoms with van der Waals surface area (Å²) in [6, 6.07) is 7.37. The van der Waals surface area contributed by atoms with Crippen molar-refractivity contribution in [2.24, 2.45) is 10.7 Å². The zero-order chi connectivity index (χ0) is 19.2. The highest BCUT2D eigenvalue weighted by molar-refractivity contribution is 7.90. The van der Waals surface area contributed by atoms with E-state index in [-0.39, 0.29) is 10.7 Å². The van der Waals surface area contributed by atoms with Crippen LogP contribution in [0.4, 0.5) is 19.0 Å². The van der Waals surface area contributed by atoms with Crippen LogP contribution in [0.3, 0.4) is 0 Å². The molecule has 1 aromatic heterocycles. The number of nitrogens with one attached hydrogen (secondary N) is 3. The van der Waals surface area contributed by atoms with Crippen LogP contribution in [0.15, 0.2) is 46.4 Å². The Kier molecular flexibility index (Phi) is 4.23. The number of sulfone groups is 1. The summed E-state index contributed by atoms with van der Waals surface area (Å²) in [6.07, 6.45) is -1.89. The predicted molar refractivity (Wildman–Crippen MR) is 90.4 cm³/mol. The molecule has 0 aliphatic carbocycles. The number of alkyl halides is 3. The van der Waals surface area contributed by atoms with Gasteiger partial charge < -0.3 is 15.6 Å². The molecule has 11 heteroatoms. The van der Waals surface area contributed by atoms with Gasteiger partial charge in [0, 0.05) is 18.0 Å². The zero-order valence-corrected chi connectivity index (χ0v) is 14.4. The standard InChI is InChI=1S/C15H16F3N5O2S/c1-26(24,25)10-4-2-3-9(7-10)15(19)22-12-11(5-6-20-12)13(23-15)21-8-14(16,17)18/h2-7,20,22H,8,19H2,1H3,(H,21,23). The van der Waals surface area contributed by atoms with E-state index in [2.05, 4.69) is 20.6 Å². The molecular formula is C15H16F3N5O2S. The molecule has 0 spiro atoms. The van der Waals surface area contributed by atoms with Crippen LogP contribution in [0, 0.1) is 0 Å². The molecule has 3 rings (SSSR count). The first-order valence-corrected chi connectivity index (χ1v) is 9.32. The van der Waals surface area contributed by atoms with E-state index in [1.807, 2.05) is 0 Å². The molecule has 0 amide bonds. The number of rotatable bonds is 3. The number of nitrogens with zero attached hydrogens (tertiary/aromatic N) is 1. The average Bonchev–Trinajstić information content (AvgIpc) is 2.99. The van der Waals surface area contributed by atoms with E-state index >= 15 is 0 Å². The van der Waals surface area contributed by atoms with Crippen LogP contribution in [0.5, 0.6) is 0 Å². The molecule has 0 bridgehead atoms. The Bertz CT molecular complexity index is 968. The molecule has 1 unspecified atom stereocenters. The second-order valence-electron chi connectivity index (χ2n) is 5.90. The highest BCUT2D eigenvalue weighted by atomic mass is 32.2. The lowest BCUT2D eigenvalue weighted by molar-refractivity contribution is -0.118. The van der Waals surface area contributed by atoms with Gasteiger partial charge in [0.15, 0.2) is 15.6 Å². The zero-order valence-electron chi connectivity index (χ0n) is 13.6. The van der Waals surface area contributed by atoms with Crippen molar-refractivity contribution in [3.63, 3.8) is 0 Å². The van der Waals surface area contributed by atoms with Crippen LogP contribution < -0.4 is 16.4 Å². The molecule has 1 aliphatic heterocycles. The van der Waals surface area contributed by atoms with Crippen LogP contribution in [0.1, 0.15) is 11.1 Å². The number of aromatic nitrogens is 1. The second-order valence-corrected chi connectivity index (χ2v) is 7.92. The number of aliphatic imine (C=N–C) groups is 1. The number of H-pyrrole nitrogens is 1. The van der Waals surface area contributed by atoms with Gasteiger partial charge in [0.2, 0.25) is 0 Å². The summed E-state index contributed by atoms with van der Waals surface area (Å²) < 4.78 is 61.2. The summed E-state index contributed by atoms with van der Waals surface area (Å²) in [4.78, 5) is 6.46. The maximum atomic E-state index is 12.6. The van der Waals surface area contributed by atoms with Crippen molar-refractivity contribution in [3.8, 4) is 0 Å². The molecule has 0 saturated heterocycles. The Labute approximate surface area is 147 Å². The van der Waals surface area contributed by atoms with E-state index in [0.29, 0.717) is 16.9 Å². The third kappa shape index (κ3) is 3.68. The van der Waals surface area contributed by atoms with E-state index in [9.17, 15) is 21.6 Å². The van der Waals surface area contributed by atoms with E-state index in [4.69, 9.17) is 5.73 Å². The molecule has 7 nitrogen and oxygen atoms in total. The minimum absolute atomic E-state index is 0.0366. The van der Waals surface area contributed by atoms with Crippen molar-refractivity contribution in [1.29, 1.82) is 0 Å². The van der Waals surface area contributed by atoms with Gasteiger partial charge in [-0.25, -0.2) is 8.42 Å². The maximum absolute atomic E-state index is 12.6. The summed E-state index contributed by atoms with van der Waals surface area (Å²) in [5.74, 6) is -1.23. The van der Waals surface area contributed by atoms with Crippen molar-refractivity contribution in [2.75, 3.05) is 18.1 Å². The Morgan fingerprint density at radius 2 is 1.96 bits per heavy atom. The molecule has 1 aromatic carbocycles. The average molecular weight is 387 g/mol. The molecular weight excluding hydrogens is 371 g/mol. The number of nitrogens with two attached hydrogens (primary N) is 1. The van der Waals surface area contributed by atoms with Gasteiger partial charge in [-0.15, -0.1) is 0 Å². The SMILES string of the molecule is CS(=O)(=O)c1cccc(C2(N)NC(=NCC(F)(F)F)c3cc[nH]c3N2)c1. The molecule has 26 heavy (non-hydrogen) atoms. The van der Waals surface area contributed by atoms with E-state index in [0.717, 1.165) is 6.26 Å². The fourth-order valence-electron chi connectivity index (χ4n) is 2.56. The summed E-state index contributed by atoms with van der Waals surface area (Å²) in [6.45, 7) is -1.38. The molecule has 2 aromatic rings. The molecule has 0 saturated carbocycles. The normalized spacial score (nSPS) is 21.8. The number of hydrogen-bond donors (Lipinski definition) is 4. The number of aromatic amines is 1. The highest BCUT2D eigenvalue weighted by Gasteiger charge is 2.36. The van der Waals surface area contributed by atoms with E-state index in [1.165, 1.54) is 24.4 Å². The second kappa shape index (κ2) is 6.02. The summed E-state index contributed by atoms with van der Waals surface area (Å²) in [5.41, 5.74) is 7.01. The van der Waals surface area contributed by atoms with Crippen LogP contribution in [0.2, 0.25) is 0 Å². The van der Waals surface area contributed by atoms with Gasteiger partial charge in [-0.2, -0.15) is 13.2 Å². The van der Waals surface area contributed by atoms with Gasteiger partial charge >= 0.3 is 6.18 Å². The third-order valence-electron chi connectivity index (χ3n) is 3.77. The number of fused-ring (bicyclic) bond motifs is 1. The summed E-state index contributed by atoms with van der Waals surface area (Å²) in [5, 5.41) is 5.67. The van der Waals surface area contributed by atoms with Crippen molar-refractivity contribution in [1.82, 2.24) is 10.3 Å². The fourth-order valence-corrected chi connectivity index (χ4v) is 3.23. The molecule has 2 heterocycles. The first kappa shape index (κ1) is 18.3. The number of anilines is 1. The quantitative estimate of drug-likeness (QED) is 0.638. The molecule has 0 fully saturated rings. The maximum Gasteiger partial charge on any atom is 0.408 e. The largest absolute Gasteiger partial charge is 0.408 e. The minimum Gasteiger partial charge on any atom is -0.348 e. The Morgan fingerprint density at radius 3 is 2.62 bits per heavy atom. The molecule has 5 N–H and O–H groups in total. The topological polar surface area (TPSA) is 112 Å². The number of hydrogen-bond acceptors (Lipinski definition) is 5. The van der Waals surface area contributed by atoms with Crippen molar-refractivity contribution >= 4 is 21.5 Å². The van der Waals surface area contributed by atoms with Crippen molar-refractivity contribution in [3.05, 3.63) is 47.7 Å². The lowest BCUT2D eigenvalue weighted by Gasteiger charge is -2.38. The van der Waals surface area contributed by atoms with Crippen molar-refractivity contribution in [2.45, 2.75) is 16.9 Å². The third-order valence-corrected chi connectivity index (χ3v) is 4.88. The lowest BCUT2D eigenvalue weighted by Crippen LogP contribution is -2.61. The van der Waals surface area contributed by atoms with Gasteiger partial charge in [-0.1, -0.05) is 12.1 Å². The predicted octanol–water partition coefficient (Wildman–Crippen LogP) is 1.51. The number of halogens is 3. The first-order valence-electron chi connectivity index (χ1n) is 7.43. The molecule has 0 radical (unpaired) electrons. The van der Waals surface area contributed by atoms with Gasteiger partial charge in [-0.05, 0) is 18.2 Å². The van der Waals surface area contributed by atoms with Gasteiger partial charge in [0.1, 0.15) is 18.2 Å². The lowest BCUT2D eigenvalue weighted by atomic mass is 10.0. The van der Waals surface area contributed by atoms with E-state index < -0.39 is 28.3 Å². The molecule has 140 valence electrons. The number of amidine groups is 1. The van der Waals surface area contributed by atoms with Crippen LogP contribution in [0.25, 0.3) is 0 Å². The number of benzene rings is 1.